The van der Waals surface area contributed by atoms with Crippen LogP contribution in [0.15, 0.2) is 23.1 Å². The number of nitriles is 1. The molecule has 0 bridgehead atoms. The van der Waals surface area contributed by atoms with Gasteiger partial charge in [0.25, 0.3) is 0 Å². The molecule has 2 atom stereocenters. The summed E-state index contributed by atoms with van der Waals surface area (Å²) in [5.41, 5.74) is 6.02. The van der Waals surface area contributed by atoms with Crippen molar-refractivity contribution in [3.63, 3.8) is 0 Å². The minimum atomic E-state index is -3.78. The van der Waals surface area contributed by atoms with Gasteiger partial charge in [-0.25, -0.2) is 8.42 Å². The molecule has 8 heteroatoms. The summed E-state index contributed by atoms with van der Waals surface area (Å²) in [5.74, 6) is 0. The fraction of sp³-hybridized carbons (Fsp3) is 0.462. The number of halogens is 1. The van der Waals surface area contributed by atoms with E-state index in [0.717, 1.165) is 0 Å². The van der Waals surface area contributed by atoms with Crippen molar-refractivity contribution in [1.29, 1.82) is 5.26 Å². The van der Waals surface area contributed by atoms with E-state index in [4.69, 9.17) is 27.3 Å². The summed E-state index contributed by atoms with van der Waals surface area (Å²) in [5, 5.41) is 9.00. The molecule has 0 saturated carbocycles. The lowest BCUT2D eigenvalue weighted by atomic mass is 10.2. The first-order chi connectivity index (χ1) is 9.86. The average Bonchev–Trinajstić information content (AvgIpc) is 2.47. The number of morpholine rings is 1. The van der Waals surface area contributed by atoms with Crippen LogP contribution in [0, 0.1) is 11.3 Å². The second-order valence-electron chi connectivity index (χ2n) is 4.89. The Bertz CT molecular complexity index is 670. The van der Waals surface area contributed by atoms with Gasteiger partial charge in [-0.15, -0.1) is 0 Å². The molecule has 1 aliphatic heterocycles. The Morgan fingerprint density at radius 2 is 2.29 bits per heavy atom. The maximum absolute atomic E-state index is 12.7. The van der Waals surface area contributed by atoms with Crippen LogP contribution >= 0.6 is 11.6 Å². The van der Waals surface area contributed by atoms with Gasteiger partial charge >= 0.3 is 0 Å². The summed E-state index contributed by atoms with van der Waals surface area (Å²) in [6.45, 7) is 2.46. The number of nitrogens with two attached hydrogens (primary N) is 1. The summed E-state index contributed by atoms with van der Waals surface area (Å²) < 4.78 is 32.1. The van der Waals surface area contributed by atoms with Gasteiger partial charge in [-0.3, -0.25) is 0 Å². The molecule has 0 aromatic heterocycles. The molecule has 1 saturated heterocycles. The Hall–Kier alpha value is -1.17. The Balaban J connectivity index is 2.36. The second kappa shape index (κ2) is 6.30. The van der Waals surface area contributed by atoms with Crippen LogP contribution in [0.4, 0.5) is 0 Å². The van der Waals surface area contributed by atoms with Crippen molar-refractivity contribution in [1.82, 2.24) is 4.31 Å². The fourth-order valence-corrected chi connectivity index (χ4v) is 4.03. The first kappa shape index (κ1) is 16.2. The zero-order chi connectivity index (χ0) is 15.6. The second-order valence-corrected chi connectivity index (χ2v) is 7.20. The van der Waals surface area contributed by atoms with Crippen molar-refractivity contribution in [3.05, 3.63) is 28.8 Å². The van der Waals surface area contributed by atoms with E-state index in [1.54, 1.807) is 6.92 Å². The highest BCUT2D eigenvalue weighted by Crippen LogP contribution is 2.27. The molecule has 2 unspecified atom stereocenters. The maximum Gasteiger partial charge on any atom is 0.244 e. The molecule has 0 radical (unpaired) electrons. The maximum atomic E-state index is 12.7. The van der Waals surface area contributed by atoms with Gasteiger partial charge in [-0.05, 0) is 25.1 Å². The van der Waals surface area contributed by atoms with Crippen LogP contribution in [-0.2, 0) is 14.8 Å². The van der Waals surface area contributed by atoms with E-state index in [9.17, 15) is 8.42 Å². The Labute approximate surface area is 129 Å². The molecule has 0 amide bonds. The minimum absolute atomic E-state index is 0.0615. The predicted octanol–water partition coefficient (Wildman–Crippen LogP) is 0.948. The predicted molar refractivity (Wildman–Crippen MR) is 78.3 cm³/mol. The molecule has 1 heterocycles. The minimum Gasteiger partial charge on any atom is -0.374 e. The Kier molecular flexibility index (Phi) is 4.86. The summed E-state index contributed by atoms with van der Waals surface area (Å²) in [7, 11) is -3.78. The molecule has 2 rings (SSSR count). The number of hydrogen-bond acceptors (Lipinski definition) is 5. The van der Waals surface area contributed by atoms with Gasteiger partial charge in [0.2, 0.25) is 10.0 Å². The van der Waals surface area contributed by atoms with E-state index in [1.807, 2.05) is 6.07 Å². The SMILES string of the molecule is CC(N)C1CN(S(=O)(=O)c2cc(C#N)ccc2Cl)CCO1. The molecule has 1 aliphatic rings. The first-order valence-electron chi connectivity index (χ1n) is 6.43. The molecule has 1 aromatic carbocycles. The van der Waals surface area contributed by atoms with Crippen LogP contribution in [0.2, 0.25) is 5.02 Å². The van der Waals surface area contributed by atoms with Gasteiger partial charge < -0.3 is 10.5 Å². The van der Waals surface area contributed by atoms with Gasteiger partial charge in [0, 0.05) is 19.1 Å². The zero-order valence-corrected chi connectivity index (χ0v) is 13.1. The van der Waals surface area contributed by atoms with E-state index in [-0.39, 0.29) is 47.3 Å². The molecular weight excluding hydrogens is 314 g/mol. The third kappa shape index (κ3) is 3.36. The van der Waals surface area contributed by atoms with E-state index in [2.05, 4.69) is 0 Å². The molecule has 21 heavy (non-hydrogen) atoms. The molecule has 1 aromatic rings. The largest absolute Gasteiger partial charge is 0.374 e. The third-order valence-electron chi connectivity index (χ3n) is 3.32. The lowest BCUT2D eigenvalue weighted by Crippen LogP contribution is -2.51. The van der Waals surface area contributed by atoms with Crippen molar-refractivity contribution in [2.24, 2.45) is 5.73 Å². The van der Waals surface area contributed by atoms with Gasteiger partial charge in [-0.1, -0.05) is 11.6 Å². The Morgan fingerprint density at radius 3 is 2.90 bits per heavy atom. The van der Waals surface area contributed by atoms with Crippen LogP contribution in [0.5, 0.6) is 0 Å². The first-order valence-corrected chi connectivity index (χ1v) is 8.25. The highest BCUT2D eigenvalue weighted by Gasteiger charge is 2.33. The fourth-order valence-electron chi connectivity index (χ4n) is 2.10. The van der Waals surface area contributed by atoms with Crippen LogP contribution in [0.1, 0.15) is 12.5 Å². The number of hydrogen-bond donors (Lipinski definition) is 1. The molecule has 1 fully saturated rings. The standard InChI is InChI=1S/C13H16ClN3O3S/c1-9(16)12-8-17(4-5-20-12)21(18,19)13-6-10(7-15)2-3-11(13)14/h2-3,6,9,12H,4-5,8,16H2,1H3. The van der Waals surface area contributed by atoms with Crippen molar-refractivity contribution in [2.45, 2.75) is 24.0 Å². The van der Waals surface area contributed by atoms with Crippen LogP contribution in [0.25, 0.3) is 0 Å². The summed E-state index contributed by atoms with van der Waals surface area (Å²) in [6, 6.07) is 5.81. The molecular formula is C13H16ClN3O3S. The number of benzene rings is 1. The monoisotopic (exact) mass is 329 g/mol. The number of rotatable bonds is 3. The summed E-state index contributed by atoms with van der Waals surface area (Å²) >= 11 is 5.98. The highest BCUT2D eigenvalue weighted by molar-refractivity contribution is 7.89. The van der Waals surface area contributed by atoms with Gasteiger partial charge in [0.1, 0.15) is 4.90 Å². The molecule has 0 spiro atoms. The highest BCUT2D eigenvalue weighted by atomic mass is 35.5. The smallest absolute Gasteiger partial charge is 0.244 e. The van der Waals surface area contributed by atoms with E-state index in [1.165, 1.54) is 22.5 Å². The lowest BCUT2D eigenvalue weighted by Gasteiger charge is -2.34. The number of sulfonamides is 1. The van der Waals surface area contributed by atoms with E-state index >= 15 is 0 Å². The molecule has 2 N–H and O–H groups in total. The van der Waals surface area contributed by atoms with Crippen molar-refractivity contribution in [3.8, 4) is 6.07 Å². The topological polar surface area (TPSA) is 96.4 Å². The molecule has 6 nitrogen and oxygen atoms in total. The van der Waals surface area contributed by atoms with Gasteiger partial charge in [0.05, 0.1) is 29.4 Å². The average molecular weight is 330 g/mol. The van der Waals surface area contributed by atoms with Gasteiger partial charge in [-0.2, -0.15) is 9.57 Å². The lowest BCUT2D eigenvalue weighted by molar-refractivity contribution is -0.0120. The van der Waals surface area contributed by atoms with Crippen LogP contribution < -0.4 is 5.73 Å². The molecule has 114 valence electrons. The van der Waals surface area contributed by atoms with Crippen molar-refractivity contribution < 1.29 is 13.2 Å². The van der Waals surface area contributed by atoms with E-state index in [0.29, 0.717) is 0 Å². The van der Waals surface area contributed by atoms with E-state index < -0.39 is 10.0 Å². The Morgan fingerprint density at radius 1 is 1.57 bits per heavy atom. The molecule has 0 aliphatic carbocycles. The van der Waals surface area contributed by atoms with Crippen molar-refractivity contribution in [2.75, 3.05) is 19.7 Å². The number of ether oxygens (including phenoxy) is 1. The number of nitrogens with zero attached hydrogens (tertiary/aromatic N) is 2. The van der Waals surface area contributed by atoms with Crippen LogP contribution in [-0.4, -0.2) is 44.6 Å². The summed E-state index contributed by atoms with van der Waals surface area (Å²) in [6.07, 6.45) is -0.355. The zero-order valence-electron chi connectivity index (χ0n) is 11.5. The van der Waals surface area contributed by atoms with Crippen molar-refractivity contribution >= 4 is 21.6 Å². The van der Waals surface area contributed by atoms with Crippen LogP contribution in [0.3, 0.4) is 0 Å². The normalized spacial score (nSPS) is 21.7. The summed E-state index contributed by atoms with van der Waals surface area (Å²) in [4.78, 5) is -0.0615. The van der Waals surface area contributed by atoms with Gasteiger partial charge in [0.15, 0.2) is 0 Å². The quantitative estimate of drug-likeness (QED) is 0.890. The third-order valence-corrected chi connectivity index (χ3v) is 5.67.